The van der Waals surface area contributed by atoms with E-state index >= 15 is 0 Å². The second-order valence-corrected chi connectivity index (χ2v) is 5.19. The molecule has 1 nitrogen and oxygen atoms in total. The molecule has 0 saturated carbocycles. The topological polar surface area (TPSA) is 3.24 Å². The summed E-state index contributed by atoms with van der Waals surface area (Å²) >= 11 is 0. The molecule has 0 spiro atoms. The van der Waals surface area contributed by atoms with Crippen molar-refractivity contribution in [2.24, 2.45) is 5.41 Å². The summed E-state index contributed by atoms with van der Waals surface area (Å²) in [5.41, 5.74) is -0.665. The van der Waals surface area contributed by atoms with Crippen LogP contribution in [0.15, 0.2) is 12.1 Å². The van der Waals surface area contributed by atoms with Gasteiger partial charge in [0.25, 0.3) is 0 Å². The first-order valence-corrected chi connectivity index (χ1v) is 5.04. The monoisotopic (exact) mass is 261 g/mol. The fourth-order valence-corrected chi connectivity index (χ4v) is 1.22. The van der Waals surface area contributed by atoms with Gasteiger partial charge in [0.15, 0.2) is 0 Å². The average molecular weight is 261 g/mol. The second-order valence-electron chi connectivity index (χ2n) is 5.19. The van der Waals surface area contributed by atoms with Gasteiger partial charge in [-0.05, 0) is 25.9 Å². The Morgan fingerprint density at radius 3 is 1.94 bits per heavy atom. The molecule has 0 aromatic heterocycles. The van der Waals surface area contributed by atoms with E-state index in [1.165, 1.54) is 0 Å². The zero-order chi connectivity index (χ0) is 12.4. The van der Waals surface area contributed by atoms with E-state index in [1.54, 1.807) is 11.9 Å². The molecule has 16 heavy (non-hydrogen) atoms. The smallest absolute Gasteiger partial charge is 0.445 e. The summed E-state index contributed by atoms with van der Waals surface area (Å²) in [4.78, 5) is 1.69. The first-order chi connectivity index (χ1) is 6.46. The Balaban J connectivity index is 0. The number of halogens is 3. The molecule has 0 fully saturated rings. The average Bonchev–Trinajstić information content (AvgIpc) is 1.99. The first kappa shape index (κ1) is 19.5. The Bertz CT molecular complexity index is 235. The molecule has 90 valence electrons. The van der Waals surface area contributed by atoms with Crippen molar-refractivity contribution >= 4 is 6.98 Å². The van der Waals surface area contributed by atoms with E-state index in [0.717, 1.165) is 0 Å². The van der Waals surface area contributed by atoms with Crippen LogP contribution in [-0.4, -0.2) is 31.5 Å². The molecule has 0 rings (SSSR count). The summed E-state index contributed by atoms with van der Waals surface area (Å²) in [6.07, 6.45) is 0. The Hall–Kier alpha value is 1.19. The third kappa shape index (κ3) is 6.81. The van der Waals surface area contributed by atoms with Crippen LogP contribution in [0.3, 0.4) is 0 Å². The van der Waals surface area contributed by atoms with Gasteiger partial charge >= 0.3 is 58.4 Å². The Kier molecular flexibility index (Phi) is 8.48. The summed E-state index contributed by atoms with van der Waals surface area (Å²) in [7, 11) is 1.70. The molecule has 0 amide bonds. The Morgan fingerprint density at radius 1 is 1.31 bits per heavy atom. The van der Waals surface area contributed by atoms with Gasteiger partial charge in [-0.2, -0.15) is 0 Å². The summed E-state index contributed by atoms with van der Waals surface area (Å²) < 4.78 is 36.9. The number of hydrogen-bond donors (Lipinski definition) is 0. The van der Waals surface area contributed by atoms with E-state index in [2.05, 4.69) is 6.58 Å². The van der Waals surface area contributed by atoms with Gasteiger partial charge in [0, 0.05) is 6.04 Å². The van der Waals surface area contributed by atoms with Gasteiger partial charge in [-0.15, -0.1) is 12.1 Å². The van der Waals surface area contributed by atoms with E-state index < -0.39 is 12.4 Å². The van der Waals surface area contributed by atoms with Crippen molar-refractivity contribution in [2.45, 2.75) is 33.7 Å². The summed E-state index contributed by atoms with van der Waals surface area (Å²) in [6, 6.07) is 0.0763. The van der Waals surface area contributed by atoms with Crippen molar-refractivity contribution in [3.63, 3.8) is 0 Å². The molecule has 0 aromatic carbocycles. The zero-order valence-electron chi connectivity index (χ0n) is 11.2. The van der Waals surface area contributed by atoms with Crippen LogP contribution < -0.4 is 51.4 Å². The molecule has 0 heterocycles. The number of rotatable bonds is 4. The van der Waals surface area contributed by atoms with Crippen LogP contribution in [0.2, 0.25) is 0 Å². The fourth-order valence-electron chi connectivity index (χ4n) is 1.22. The van der Waals surface area contributed by atoms with Gasteiger partial charge in [0.2, 0.25) is 0 Å². The number of likely N-dealkylation sites (N-methyl/N-ethyl adjacent to an activating group) is 1. The molecule has 0 aromatic rings. The normalized spacial score (nSPS) is 14.6. The maximum absolute atomic E-state index is 12.3. The van der Waals surface area contributed by atoms with Gasteiger partial charge in [-0.25, -0.2) is 0 Å². The van der Waals surface area contributed by atoms with Crippen molar-refractivity contribution in [1.29, 1.82) is 0 Å². The Morgan fingerprint density at radius 2 is 1.69 bits per heavy atom. The van der Waals surface area contributed by atoms with E-state index in [1.807, 2.05) is 27.7 Å². The van der Waals surface area contributed by atoms with Gasteiger partial charge in [-0.1, -0.05) is 20.8 Å². The van der Waals surface area contributed by atoms with Crippen molar-refractivity contribution in [2.75, 3.05) is 13.6 Å². The molecule has 0 saturated heterocycles. The standard InChI is InChI=1S/C10H20BF3N.K/c1-8(11(12,13)14)7-15(6)9(2)10(3,4)5;/h9H,1,7H2,2-6H3;/q-1;+1. The van der Waals surface area contributed by atoms with Gasteiger partial charge in [0.05, 0.1) is 0 Å². The predicted molar refractivity (Wildman–Crippen MR) is 59.8 cm³/mol. The zero-order valence-corrected chi connectivity index (χ0v) is 14.3. The molecule has 0 radical (unpaired) electrons. The van der Waals surface area contributed by atoms with Crippen LogP contribution in [-0.2, 0) is 0 Å². The third-order valence-electron chi connectivity index (χ3n) is 2.83. The maximum atomic E-state index is 12.3. The number of hydrogen-bond acceptors (Lipinski definition) is 1. The SMILES string of the molecule is C=C(CN(C)C(C)C(C)(C)C)[B-](F)(F)F.[K+]. The quantitative estimate of drug-likeness (QED) is 0.658. The van der Waals surface area contributed by atoms with Crippen molar-refractivity contribution in [3.8, 4) is 0 Å². The van der Waals surface area contributed by atoms with Gasteiger partial charge in [0.1, 0.15) is 0 Å². The molecule has 0 aliphatic heterocycles. The van der Waals surface area contributed by atoms with E-state index in [9.17, 15) is 12.9 Å². The van der Waals surface area contributed by atoms with Crippen LogP contribution >= 0.6 is 0 Å². The summed E-state index contributed by atoms with van der Waals surface area (Å²) in [5.74, 6) is 0. The van der Waals surface area contributed by atoms with Crippen molar-refractivity contribution in [1.82, 2.24) is 4.90 Å². The maximum Gasteiger partial charge on any atom is 1.00 e. The number of nitrogens with zero attached hydrogens (tertiary/aromatic N) is 1. The van der Waals surface area contributed by atoms with Gasteiger partial charge < -0.3 is 17.8 Å². The van der Waals surface area contributed by atoms with Crippen LogP contribution in [0.25, 0.3) is 0 Å². The van der Waals surface area contributed by atoms with Crippen LogP contribution in [0, 0.1) is 5.41 Å². The molecule has 1 unspecified atom stereocenters. The fraction of sp³-hybridized carbons (Fsp3) is 0.800. The summed E-state index contributed by atoms with van der Waals surface area (Å²) in [5, 5.41) is 0. The molecular formula is C10H20BF3KN. The predicted octanol–water partition coefficient (Wildman–Crippen LogP) is 0.300. The molecule has 0 aliphatic carbocycles. The van der Waals surface area contributed by atoms with E-state index in [0.29, 0.717) is 0 Å². The molecule has 1 atom stereocenters. The first-order valence-electron chi connectivity index (χ1n) is 5.04. The van der Waals surface area contributed by atoms with Crippen LogP contribution in [0.5, 0.6) is 0 Å². The minimum Gasteiger partial charge on any atom is -0.445 e. The molecular weight excluding hydrogens is 241 g/mol. The molecule has 0 aliphatic rings. The minimum atomic E-state index is -4.91. The Labute approximate surface area is 139 Å². The summed E-state index contributed by atoms with van der Waals surface area (Å²) in [6.45, 7) is 6.03. The van der Waals surface area contributed by atoms with E-state index in [4.69, 9.17) is 0 Å². The van der Waals surface area contributed by atoms with Crippen molar-refractivity contribution in [3.05, 3.63) is 12.1 Å². The second kappa shape index (κ2) is 6.95. The van der Waals surface area contributed by atoms with Crippen molar-refractivity contribution < 1.29 is 64.3 Å². The minimum absolute atomic E-state index is 0. The molecule has 0 bridgehead atoms. The van der Waals surface area contributed by atoms with E-state index in [-0.39, 0.29) is 69.4 Å². The van der Waals surface area contributed by atoms with Crippen LogP contribution in [0.4, 0.5) is 12.9 Å². The van der Waals surface area contributed by atoms with Gasteiger partial charge in [-0.3, -0.25) is 0 Å². The molecule has 0 N–H and O–H groups in total. The van der Waals surface area contributed by atoms with Crippen LogP contribution in [0.1, 0.15) is 27.7 Å². The third-order valence-corrected chi connectivity index (χ3v) is 2.83. The largest absolute Gasteiger partial charge is 1.00 e. The molecule has 6 heteroatoms.